The Bertz CT molecular complexity index is 1520. The van der Waals surface area contributed by atoms with Crippen molar-refractivity contribution in [1.82, 2.24) is 35.3 Å². The average molecular weight is 608 g/mol. The molecule has 0 aliphatic carbocycles. The Balaban J connectivity index is 1.67. The van der Waals surface area contributed by atoms with Crippen molar-refractivity contribution in [2.24, 2.45) is 5.92 Å². The second-order valence-corrected chi connectivity index (χ2v) is 10.5. The molecule has 1 atom stereocenters. The molecule has 0 saturated heterocycles. The van der Waals surface area contributed by atoms with Gasteiger partial charge in [0.05, 0.1) is 44.5 Å². The summed E-state index contributed by atoms with van der Waals surface area (Å²) < 4.78 is 17.9. The Morgan fingerprint density at radius 2 is 1.86 bits per heavy atom. The molecule has 3 aromatic rings. The zero-order chi connectivity index (χ0) is 31.8. The number of aromatic nitrogens is 4. The number of carbonyl (C=O) groups excluding carboxylic acids is 4. The fraction of sp³-hybridized carbons (Fsp3) is 0.433. The van der Waals surface area contributed by atoms with Gasteiger partial charge in [0.15, 0.2) is 11.5 Å². The Morgan fingerprint density at radius 1 is 1.09 bits per heavy atom. The minimum atomic E-state index is -0.640. The van der Waals surface area contributed by atoms with Crippen LogP contribution in [0.4, 0.5) is 0 Å². The highest BCUT2D eigenvalue weighted by Gasteiger charge is 2.27. The number of hydrogen-bond acceptors (Lipinski definition) is 10. The number of benzene rings is 1. The van der Waals surface area contributed by atoms with E-state index in [1.807, 2.05) is 13.8 Å². The van der Waals surface area contributed by atoms with Crippen molar-refractivity contribution in [2.75, 3.05) is 40.5 Å². The van der Waals surface area contributed by atoms with Gasteiger partial charge in [-0.15, -0.1) is 0 Å². The molecule has 3 amide bonds. The topological polar surface area (TPSA) is 167 Å². The molecule has 2 N–H and O–H groups in total. The molecular formula is C30H37N7O7. The molecule has 4 rings (SSSR count). The normalized spacial score (nSPS) is 16.5. The molecule has 1 aliphatic heterocycles. The van der Waals surface area contributed by atoms with E-state index in [1.54, 1.807) is 29.8 Å². The number of amides is 3. The maximum atomic E-state index is 13.6. The second kappa shape index (κ2) is 14.4. The number of esters is 1. The van der Waals surface area contributed by atoms with E-state index in [1.165, 1.54) is 37.6 Å². The zero-order valence-corrected chi connectivity index (χ0v) is 25.5. The van der Waals surface area contributed by atoms with E-state index in [0.717, 1.165) is 0 Å². The number of pyridine rings is 1. The maximum Gasteiger partial charge on any atom is 0.339 e. The Kier molecular flexibility index (Phi) is 10.5. The van der Waals surface area contributed by atoms with Gasteiger partial charge in [0.2, 0.25) is 5.91 Å². The monoisotopic (exact) mass is 607 g/mol. The lowest BCUT2D eigenvalue weighted by molar-refractivity contribution is -0.123. The summed E-state index contributed by atoms with van der Waals surface area (Å²) in [5.41, 5.74) is 0.597. The van der Waals surface area contributed by atoms with Gasteiger partial charge in [-0.25, -0.2) is 14.5 Å². The third kappa shape index (κ3) is 7.68. The largest absolute Gasteiger partial charge is 0.493 e. The number of hydrogen-bond donors (Lipinski definition) is 2. The lowest BCUT2D eigenvalue weighted by Gasteiger charge is -2.26. The summed E-state index contributed by atoms with van der Waals surface area (Å²) in [6, 6.07) is 5.76. The van der Waals surface area contributed by atoms with Crippen LogP contribution in [-0.2, 0) is 16.1 Å². The first-order valence-electron chi connectivity index (χ1n) is 14.2. The smallest absolute Gasteiger partial charge is 0.339 e. The van der Waals surface area contributed by atoms with Crippen LogP contribution in [0.1, 0.15) is 69.0 Å². The molecule has 44 heavy (non-hydrogen) atoms. The minimum absolute atomic E-state index is 0.0649. The summed E-state index contributed by atoms with van der Waals surface area (Å²) in [5, 5.41) is 10.4. The molecular weight excluding hydrogens is 570 g/mol. The molecule has 0 saturated carbocycles. The molecule has 0 radical (unpaired) electrons. The number of ether oxygens (including phenoxy) is 3. The molecule has 14 nitrogen and oxygen atoms in total. The predicted molar refractivity (Wildman–Crippen MR) is 157 cm³/mol. The quantitative estimate of drug-likeness (QED) is 0.419. The molecule has 1 aliphatic rings. The average Bonchev–Trinajstić information content (AvgIpc) is 3.39. The Morgan fingerprint density at radius 3 is 2.59 bits per heavy atom. The van der Waals surface area contributed by atoms with Crippen molar-refractivity contribution in [3.63, 3.8) is 0 Å². The summed E-state index contributed by atoms with van der Waals surface area (Å²) >= 11 is 0. The first-order chi connectivity index (χ1) is 21.1. The van der Waals surface area contributed by atoms with Crippen LogP contribution in [0.3, 0.4) is 0 Å². The molecule has 234 valence electrons. The SMILES string of the molecule is COC(=O)c1cncc(C(=O)N2CCCNC(=O)c3ccc(OC)c(c3)OCCn3nc(C)nc3[C@H](C(C)C)NC(=O)C2)c1. The molecule has 14 heteroatoms. The summed E-state index contributed by atoms with van der Waals surface area (Å²) in [6.45, 7) is 6.24. The number of fused-ring (bicyclic) bond motifs is 3. The Labute approximate surface area is 255 Å². The molecule has 0 unspecified atom stereocenters. The van der Waals surface area contributed by atoms with Crippen molar-refractivity contribution in [3.05, 3.63) is 65.0 Å². The first kappa shape index (κ1) is 31.9. The number of rotatable bonds is 4. The minimum Gasteiger partial charge on any atom is -0.493 e. The van der Waals surface area contributed by atoms with E-state index < -0.39 is 23.8 Å². The lowest BCUT2D eigenvalue weighted by atomic mass is 10.0. The molecule has 1 aromatic carbocycles. The number of aryl methyl sites for hydroxylation is 1. The second-order valence-electron chi connectivity index (χ2n) is 10.5. The standard InChI is InChI=1S/C30H37N7O7/c1-18(2)26-27-33-19(3)35-37(27)11-12-44-24-14-20(7-8-23(24)42-4)28(39)32-9-6-10-36(17-25(38)34-26)29(40)21-13-22(16-31-15-21)30(41)43-5/h7-8,13-16,18,26H,6,9-12,17H2,1-5H3,(H,32,39)(H,34,38)/t26-/m0/s1. The molecule has 3 heterocycles. The van der Waals surface area contributed by atoms with Gasteiger partial charge in [0.1, 0.15) is 18.3 Å². The van der Waals surface area contributed by atoms with Crippen molar-refractivity contribution in [1.29, 1.82) is 0 Å². The van der Waals surface area contributed by atoms with Crippen LogP contribution in [-0.4, -0.2) is 88.8 Å². The van der Waals surface area contributed by atoms with E-state index in [-0.39, 0.29) is 49.2 Å². The summed E-state index contributed by atoms with van der Waals surface area (Å²) in [5.74, 6) is -0.0215. The van der Waals surface area contributed by atoms with Crippen molar-refractivity contribution in [2.45, 2.75) is 39.8 Å². The van der Waals surface area contributed by atoms with Crippen LogP contribution in [0, 0.1) is 12.8 Å². The van der Waals surface area contributed by atoms with E-state index in [4.69, 9.17) is 14.2 Å². The van der Waals surface area contributed by atoms with Gasteiger partial charge < -0.3 is 29.7 Å². The number of carbonyl (C=O) groups is 4. The van der Waals surface area contributed by atoms with Crippen LogP contribution in [0.2, 0.25) is 0 Å². The maximum absolute atomic E-state index is 13.6. The fourth-order valence-electron chi connectivity index (χ4n) is 4.76. The predicted octanol–water partition coefficient (Wildman–Crippen LogP) is 1.94. The molecule has 2 aromatic heterocycles. The van der Waals surface area contributed by atoms with Gasteiger partial charge >= 0.3 is 5.97 Å². The fourth-order valence-corrected chi connectivity index (χ4v) is 4.76. The number of nitrogens with zero attached hydrogens (tertiary/aromatic N) is 5. The first-order valence-corrected chi connectivity index (χ1v) is 14.2. The highest BCUT2D eigenvalue weighted by Crippen LogP contribution is 2.28. The van der Waals surface area contributed by atoms with Gasteiger partial charge in [-0.3, -0.25) is 19.4 Å². The van der Waals surface area contributed by atoms with Gasteiger partial charge in [-0.2, -0.15) is 5.10 Å². The van der Waals surface area contributed by atoms with Gasteiger partial charge in [-0.1, -0.05) is 13.8 Å². The molecule has 2 bridgehead atoms. The van der Waals surface area contributed by atoms with Crippen molar-refractivity contribution < 1.29 is 33.4 Å². The Hall–Kier alpha value is -5.01. The summed E-state index contributed by atoms with van der Waals surface area (Å²) in [6.07, 6.45) is 2.96. The van der Waals surface area contributed by atoms with Crippen LogP contribution < -0.4 is 20.1 Å². The number of nitrogens with one attached hydrogen (secondary N) is 2. The van der Waals surface area contributed by atoms with E-state index >= 15 is 0 Å². The van der Waals surface area contributed by atoms with E-state index in [2.05, 4.69) is 25.7 Å². The van der Waals surface area contributed by atoms with Crippen LogP contribution in [0.5, 0.6) is 11.5 Å². The van der Waals surface area contributed by atoms with Crippen LogP contribution >= 0.6 is 0 Å². The van der Waals surface area contributed by atoms with E-state index in [0.29, 0.717) is 41.7 Å². The lowest BCUT2D eigenvalue weighted by Crippen LogP contribution is -2.44. The molecule has 0 fully saturated rings. The third-order valence-corrected chi connectivity index (χ3v) is 6.97. The summed E-state index contributed by atoms with van der Waals surface area (Å²) in [4.78, 5) is 62.0. The van der Waals surface area contributed by atoms with E-state index in [9.17, 15) is 19.2 Å². The highest BCUT2D eigenvalue weighted by atomic mass is 16.5. The van der Waals surface area contributed by atoms with Gasteiger partial charge in [0, 0.05) is 31.0 Å². The van der Waals surface area contributed by atoms with Crippen LogP contribution in [0.25, 0.3) is 0 Å². The van der Waals surface area contributed by atoms with Gasteiger partial charge in [-0.05, 0) is 43.5 Å². The third-order valence-electron chi connectivity index (χ3n) is 6.97. The van der Waals surface area contributed by atoms with Crippen molar-refractivity contribution >= 4 is 23.7 Å². The molecule has 0 spiro atoms. The summed E-state index contributed by atoms with van der Waals surface area (Å²) in [7, 11) is 2.75. The van der Waals surface area contributed by atoms with Gasteiger partial charge in [0.25, 0.3) is 11.8 Å². The zero-order valence-electron chi connectivity index (χ0n) is 25.5. The highest BCUT2D eigenvalue weighted by molar-refractivity contribution is 5.99. The van der Waals surface area contributed by atoms with Crippen molar-refractivity contribution in [3.8, 4) is 11.5 Å². The number of methoxy groups -OCH3 is 2. The van der Waals surface area contributed by atoms with Crippen LogP contribution in [0.15, 0.2) is 36.7 Å².